The smallest absolute Gasteiger partial charge is 0.320 e. The third-order valence-corrected chi connectivity index (χ3v) is 4.34. The minimum atomic E-state index is -2.85. The van der Waals surface area contributed by atoms with E-state index in [2.05, 4.69) is 27.3 Å². The van der Waals surface area contributed by atoms with Gasteiger partial charge in [-0.1, -0.05) is 18.2 Å². The maximum absolute atomic E-state index is 12.9. The molecule has 0 bridgehead atoms. The first-order chi connectivity index (χ1) is 12.0. The van der Waals surface area contributed by atoms with Gasteiger partial charge >= 0.3 is 6.55 Å². The number of hydrogen-bond acceptors (Lipinski definition) is 4. The number of para-hydroxylation sites is 1. The largest absolute Gasteiger partial charge is 0.333 e. The Morgan fingerprint density at radius 3 is 2.64 bits per heavy atom. The van der Waals surface area contributed by atoms with Crippen molar-refractivity contribution in [2.75, 3.05) is 38.5 Å². The van der Waals surface area contributed by atoms with Gasteiger partial charge < -0.3 is 10.2 Å². The van der Waals surface area contributed by atoms with Crippen molar-refractivity contribution in [1.29, 1.82) is 0 Å². The number of piperazine rings is 1. The van der Waals surface area contributed by atoms with Crippen molar-refractivity contribution < 1.29 is 13.6 Å². The summed E-state index contributed by atoms with van der Waals surface area (Å²) < 4.78 is 26.2. The summed E-state index contributed by atoms with van der Waals surface area (Å²) in [5, 5.41) is 6.23. The molecule has 0 unspecified atom stereocenters. The number of carbonyl (C=O) groups excluding carboxylic acids is 1. The van der Waals surface area contributed by atoms with E-state index in [9.17, 15) is 13.6 Å². The normalized spacial score (nSPS) is 16.3. The number of alkyl halides is 2. The third-order valence-electron chi connectivity index (χ3n) is 4.34. The predicted molar refractivity (Wildman–Crippen MR) is 90.6 cm³/mol. The molecule has 1 aromatic carbocycles. The average Bonchev–Trinajstić information content (AvgIpc) is 3.09. The van der Waals surface area contributed by atoms with Crippen molar-refractivity contribution in [3.63, 3.8) is 0 Å². The number of amides is 1. The lowest BCUT2D eigenvalue weighted by Crippen LogP contribution is -2.44. The Morgan fingerprint density at radius 1 is 1.20 bits per heavy atom. The molecular weight excluding hydrogens is 328 g/mol. The van der Waals surface area contributed by atoms with Crippen LogP contribution >= 0.6 is 0 Å². The molecule has 1 amide bonds. The van der Waals surface area contributed by atoms with Crippen LogP contribution in [0.15, 0.2) is 36.5 Å². The zero-order chi connectivity index (χ0) is 17.8. The number of anilines is 1. The summed E-state index contributed by atoms with van der Waals surface area (Å²) in [4.78, 5) is 16.9. The molecule has 0 atom stereocenters. The van der Waals surface area contributed by atoms with Gasteiger partial charge in [0.1, 0.15) is 5.69 Å². The second kappa shape index (κ2) is 7.71. The molecule has 1 aliphatic heterocycles. The standard InChI is InChI=1S/C17H21F2N5O/c1-22-8-10-23(11-9-22)12-13-4-2-3-5-14(13)21-16(25)15-6-7-20-24(15)17(18)19/h2-7,17H,8-12H2,1H3,(H,21,25). The van der Waals surface area contributed by atoms with Crippen molar-refractivity contribution in [2.45, 2.75) is 13.1 Å². The zero-order valence-electron chi connectivity index (χ0n) is 14.0. The number of rotatable bonds is 5. The van der Waals surface area contributed by atoms with Crippen LogP contribution < -0.4 is 5.32 Å². The minimum Gasteiger partial charge on any atom is -0.320 e. The van der Waals surface area contributed by atoms with Gasteiger partial charge in [0.2, 0.25) is 0 Å². The fourth-order valence-corrected chi connectivity index (χ4v) is 2.86. The molecule has 8 heteroatoms. The Labute approximate surface area is 145 Å². The molecule has 2 heterocycles. The third kappa shape index (κ3) is 4.21. The molecule has 1 aliphatic rings. The highest BCUT2D eigenvalue weighted by Crippen LogP contribution is 2.20. The zero-order valence-corrected chi connectivity index (χ0v) is 14.0. The highest BCUT2D eigenvalue weighted by molar-refractivity contribution is 6.03. The summed E-state index contributed by atoms with van der Waals surface area (Å²) in [5.74, 6) is -0.594. The SMILES string of the molecule is CN1CCN(Cc2ccccc2NC(=O)c2ccnn2C(F)F)CC1. The first-order valence-electron chi connectivity index (χ1n) is 8.16. The maximum Gasteiger partial charge on any atom is 0.333 e. The Morgan fingerprint density at radius 2 is 1.92 bits per heavy atom. The number of nitrogens with one attached hydrogen (secondary N) is 1. The van der Waals surface area contributed by atoms with Crippen LogP contribution in [0.25, 0.3) is 0 Å². The van der Waals surface area contributed by atoms with Gasteiger partial charge in [0.05, 0.1) is 0 Å². The molecule has 25 heavy (non-hydrogen) atoms. The van der Waals surface area contributed by atoms with Gasteiger partial charge in [0, 0.05) is 44.6 Å². The van der Waals surface area contributed by atoms with E-state index in [1.54, 1.807) is 6.07 Å². The summed E-state index contributed by atoms with van der Waals surface area (Å²) in [7, 11) is 2.09. The van der Waals surface area contributed by atoms with E-state index in [1.807, 2.05) is 18.2 Å². The minimum absolute atomic E-state index is 0.163. The van der Waals surface area contributed by atoms with E-state index in [-0.39, 0.29) is 5.69 Å². The average molecular weight is 349 g/mol. The molecule has 0 aliphatic carbocycles. The Kier molecular flexibility index (Phi) is 5.40. The number of carbonyl (C=O) groups is 1. The first kappa shape index (κ1) is 17.5. The van der Waals surface area contributed by atoms with Gasteiger partial charge in [0.15, 0.2) is 0 Å². The number of likely N-dealkylation sites (N-methyl/N-ethyl adjacent to an activating group) is 1. The van der Waals surface area contributed by atoms with Crippen molar-refractivity contribution in [2.24, 2.45) is 0 Å². The lowest BCUT2D eigenvalue weighted by atomic mass is 10.1. The van der Waals surface area contributed by atoms with Crippen LogP contribution in [0.1, 0.15) is 22.6 Å². The fraction of sp³-hybridized carbons (Fsp3) is 0.412. The molecule has 2 aromatic rings. The van der Waals surface area contributed by atoms with Crippen LogP contribution in [0.4, 0.5) is 14.5 Å². The summed E-state index contributed by atoms with van der Waals surface area (Å²) in [6.07, 6.45) is 1.19. The predicted octanol–water partition coefficient (Wildman–Crippen LogP) is 2.28. The number of halogens is 2. The van der Waals surface area contributed by atoms with Crippen LogP contribution in [-0.4, -0.2) is 58.7 Å². The van der Waals surface area contributed by atoms with Gasteiger partial charge in [-0.2, -0.15) is 18.6 Å². The number of hydrogen-bond donors (Lipinski definition) is 1. The lowest BCUT2D eigenvalue weighted by molar-refractivity contribution is 0.0520. The van der Waals surface area contributed by atoms with Crippen molar-refractivity contribution in [1.82, 2.24) is 19.6 Å². The molecule has 0 radical (unpaired) electrons. The Hall–Kier alpha value is -2.32. The van der Waals surface area contributed by atoms with Crippen LogP contribution in [0.3, 0.4) is 0 Å². The molecule has 1 saturated heterocycles. The van der Waals surface area contributed by atoms with E-state index < -0.39 is 12.5 Å². The molecule has 0 saturated carbocycles. The molecule has 1 aromatic heterocycles. The van der Waals surface area contributed by atoms with Crippen molar-refractivity contribution in [3.05, 3.63) is 47.8 Å². The highest BCUT2D eigenvalue weighted by atomic mass is 19.3. The second-order valence-corrected chi connectivity index (χ2v) is 6.13. The molecule has 1 N–H and O–H groups in total. The quantitative estimate of drug-likeness (QED) is 0.900. The highest BCUT2D eigenvalue weighted by Gasteiger charge is 2.20. The van der Waals surface area contributed by atoms with E-state index in [0.29, 0.717) is 16.9 Å². The van der Waals surface area contributed by atoms with Gasteiger partial charge in [-0.25, -0.2) is 0 Å². The molecule has 134 valence electrons. The first-order valence-corrected chi connectivity index (χ1v) is 8.16. The number of aromatic nitrogens is 2. The maximum atomic E-state index is 12.9. The van der Waals surface area contributed by atoms with E-state index in [0.717, 1.165) is 31.7 Å². The topological polar surface area (TPSA) is 53.4 Å². The number of benzene rings is 1. The Balaban J connectivity index is 1.72. The monoisotopic (exact) mass is 349 g/mol. The van der Waals surface area contributed by atoms with Crippen LogP contribution in [0.2, 0.25) is 0 Å². The van der Waals surface area contributed by atoms with Crippen LogP contribution in [-0.2, 0) is 6.54 Å². The van der Waals surface area contributed by atoms with Gasteiger partial charge in [-0.05, 0) is 24.7 Å². The van der Waals surface area contributed by atoms with E-state index >= 15 is 0 Å². The second-order valence-electron chi connectivity index (χ2n) is 6.13. The van der Waals surface area contributed by atoms with Crippen molar-refractivity contribution >= 4 is 11.6 Å². The molecule has 3 rings (SSSR count). The van der Waals surface area contributed by atoms with E-state index in [1.165, 1.54) is 12.3 Å². The summed E-state index contributed by atoms with van der Waals surface area (Å²) in [6, 6.07) is 8.73. The molecular formula is C17H21F2N5O. The van der Waals surface area contributed by atoms with E-state index in [4.69, 9.17) is 0 Å². The summed E-state index contributed by atoms with van der Waals surface area (Å²) in [5.41, 5.74) is 1.43. The van der Waals surface area contributed by atoms with Crippen LogP contribution in [0.5, 0.6) is 0 Å². The fourth-order valence-electron chi connectivity index (χ4n) is 2.86. The van der Waals surface area contributed by atoms with Gasteiger partial charge in [-0.15, -0.1) is 0 Å². The van der Waals surface area contributed by atoms with Gasteiger partial charge in [-0.3, -0.25) is 9.69 Å². The lowest BCUT2D eigenvalue weighted by Gasteiger charge is -2.32. The molecule has 6 nitrogen and oxygen atoms in total. The molecule has 0 spiro atoms. The Bertz CT molecular complexity index is 725. The summed E-state index contributed by atoms with van der Waals surface area (Å²) >= 11 is 0. The molecule has 1 fully saturated rings. The summed E-state index contributed by atoms with van der Waals surface area (Å²) in [6.45, 7) is 1.77. The van der Waals surface area contributed by atoms with Crippen LogP contribution in [0, 0.1) is 0 Å². The van der Waals surface area contributed by atoms with Crippen molar-refractivity contribution in [3.8, 4) is 0 Å². The number of nitrogens with zero attached hydrogens (tertiary/aromatic N) is 4. The van der Waals surface area contributed by atoms with Gasteiger partial charge in [0.25, 0.3) is 5.91 Å².